The van der Waals surface area contributed by atoms with Gasteiger partial charge in [-0.05, 0) is 160 Å². The number of hydrogen-bond acceptors (Lipinski definition) is 4. The van der Waals surface area contributed by atoms with Gasteiger partial charge < -0.3 is 0 Å². The number of aryl methyl sites for hydroxylation is 5. The van der Waals surface area contributed by atoms with Crippen LogP contribution < -0.4 is 0 Å². The quantitative estimate of drug-likeness (QED) is 0.116. The Morgan fingerprint density at radius 2 is 0.776 bits per heavy atom. The SMILES string of the molecule is Cc1cc(-c2cc(-c3ccccn3)ccc2-c2ccccc2-c2cc(CCc3ccc(-c4ccccn4)cc3)cc(CCc3ccc(-c4ccccn4)cc3)c2)ccc1-c1ccc(C#N)cc1. The van der Waals surface area contributed by atoms with Crippen LogP contribution in [0.4, 0.5) is 0 Å². The van der Waals surface area contributed by atoms with E-state index in [2.05, 4.69) is 169 Å². The van der Waals surface area contributed by atoms with Crippen molar-refractivity contribution in [1.29, 1.82) is 5.26 Å². The first-order chi connectivity index (χ1) is 33.0. The molecule has 0 bridgehead atoms. The van der Waals surface area contributed by atoms with Crippen LogP contribution in [0.1, 0.15) is 33.4 Å². The summed E-state index contributed by atoms with van der Waals surface area (Å²) in [6.07, 6.45) is 9.24. The molecule has 0 N–H and O–H groups in total. The first-order valence-electron chi connectivity index (χ1n) is 22.9. The van der Waals surface area contributed by atoms with E-state index in [1.54, 1.807) is 0 Å². The highest BCUT2D eigenvalue weighted by Gasteiger charge is 2.17. The highest BCUT2D eigenvalue weighted by atomic mass is 14.7. The molecule has 0 spiro atoms. The lowest BCUT2D eigenvalue weighted by Crippen LogP contribution is -1.98. The van der Waals surface area contributed by atoms with Gasteiger partial charge in [0.15, 0.2) is 0 Å². The lowest BCUT2D eigenvalue weighted by Gasteiger charge is -2.18. The summed E-state index contributed by atoms with van der Waals surface area (Å²) in [5.74, 6) is 0. The van der Waals surface area contributed by atoms with Crippen molar-refractivity contribution in [2.45, 2.75) is 32.6 Å². The number of nitrogens with zero attached hydrogens (tertiary/aromatic N) is 4. The Morgan fingerprint density at radius 3 is 1.30 bits per heavy atom. The average molecular weight is 861 g/mol. The molecule has 0 aliphatic carbocycles. The fourth-order valence-electron chi connectivity index (χ4n) is 9.10. The van der Waals surface area contributed by atoms with E-state index in [-0.39, 0.29) is 0 Å². The summed E-state index contributed by atoms with van der Waals surface area (Å²) in [5.41, 5.74) is 22.6. The molecule has 10 aromatic rings. The number of aromatic nitrogens is 3. The van der Waals surface area contributed by atoms with Gasteiger partial charge in [0, 0.05) is 35.3 Å². The van der Waals surface area contributed by atoms with Crippen molar-refractivity contribution in [3.05, 3.63) is 258 Å². The zero-order valence-electron chi connectivity index (χ0n) is 37.5. The van der Waals surface area contributed by atoms with Crippen LogP contribution in [0.25, 0.3) is 78.3 Å². The smallest absolute Gasteiger partial charge is 0.0991 e. The Bertz CT molecular complexity index is 3210. The Kier molecular flexibility index (Phi) is 12.5. The van der Waals surface area contributed by atoms with Gasteiger partial charge in [-0.1, -0.05) is 152 Å². The van der Waals surface area contributed by atoms with Crippen LogP contribution in [0.2, 0.25) is 0 Å². The minimum absolute atomic E-state index is 0.656. The van der Waals surface area contributed by atoms with E-state index in [0.29, 0.717) is 5.56 Å². The summed E-state index contributed by atoms with van der Waals surface area (Å²) in [4.78, 5) is 13.9. The molecule has 4 nitrogen and oxygen atoms in total. The second-order valence-corrected chi connectivity index (χ2v) is 17.1. The van der Waals surface area contributed by atoms with Crippen LogP contribution in [-0.4, -0.2) is 15.0 Å². The number of pyridine rings is 3. The van der Waals surface area contributed by atoms with Gasteiger partial charge in [-0.2, -0.15) is 5.26 Å². The molecule has 0 radical (unpaired) electrons. The second kappa shape index (κ2) is 19.7. The maximum absolute atomic E-state index is 9.41. The van der Waals surface area contributed by atoms with Gasteiger partial charge in [0.1, 0.15) is 0 Å². The van der Waals surface area contributed by atoms with Crippen molar-refractivity contribution < 1.29 is 0 Å². The molecule has 0 atom stereocenters. The zero-order chi connectivity index (χ0) is 45.4. The van der Waals surface area contributed by atoms with E-state index < -0.39 is 0 Å². The fourth-order valence-corrected chi connectivity index (χ4v) is 9.10. The Hall–Kier alpha value is -8.52. The van der Waals surface area contributed by atoms with Gasteiger partial charge in [0.2, 0.25) is 0 Å². The molecule has 0 unspecified atom stereocenters. The zero-order valence-corrected chi connectivity index (χ0v) is 37.5. The van der Waals surface area contributed by atoms with E-state index in [0.717, 1.165) is 87.3 Å². The molecule has 3 heterocycles. The molecule has 0 aliphatic rings. The Balaban J connectivity index is 1.02. The van der Waals surface area contributed by atoms with Crippen LogP contribution in [-0.2, 0) is 25.7 Å². The molecule has 3 aromatic heterocycles. The van der Waals surface area contributed by atoms with Gasteiger partial charge in [0.25, 0.3) is 0 Å². The molecule has 7 aromatic carbocycles. The van der Waals surface area contributed by atoms with E-state index in [4.69, 9.17) is 4.98 Å². The van der Waals surface area contributed by atoms with Crippen molar-refractivity contribution in [3.63, 3.8) is 0 Å². The van der Waals surface area contributed by atoms with Crippen molar-refractivity contribution in [2.24, 2.45) is 0 Å². The van der Waals surface area contributed by atoms with Crippen LogP contribution in [0.5, 0.6) is 0 Å². The van der Waals surface area contributed by atoms with Gasteiger partial charge >= 0.3 is 0 Å². The third-order valence-electron chi connectivity index (χ3n) is 12.7. The number of benzene rings is 7. The molecule has 320 valence electrons. The van der Waals surface area contributed by atoms with Crippen LogP contribution >= 0.6 is 0 Å². The van der Waals surface area contributed by atoms with Crippen molar-refractivity contribution in [3.8, 4) is 84.3 Å². The van der Waals surface area contributed by atoms with Crippen molar-refractivity contribution >= 4 is 0 Å². The first-order valence-corrected chi connectivity index (χ1v) is 22.9. The normalized spacial score (nSPS) is 11.0. The first kappa shape index (κ1) is 42.4. The average Bonchev–Trinajstić information content (AvgIpc) is 3.40. The lowest BCUT2D eigenvalue weighted by atomic mass is 9.85. The highest BCUT2D eigenvalue weighted by Crippen LogP contribution is 2.42. The van der Waals surface area contributed by atoms with Crippen LogP contribution in [0.15, 0.2) is 225 Å². The summed E-state index contributed by atoms with van der Waals surface area (Å²) in [6, 6.07) is 75.6. The highest BCUT2D eigenvalue weighted by molar-refractivity contribution is 5.94. The summed E-state index contributed by atoms with van der Waals surface area (Å²) in [5, 5.41) is 9.41. The summed E-state index contributed by atoms with van der Waals surface area (Å²) in [7, 11) is 0. The summed E-state index contributed by atoms with van der Waals surface area (Å²) in [6.45, 7) is 2.17. The predicted molar refractivity (Wildman–Crippen MR) is 275 cm³/mol. The second-order valence-electron chi connectivity index (χ2n) is 17.1. The van der Waals surface area contributed by atoms with E-state index >= 15 is 0 Å². The van der Waals surface area contributed by atoms with Crippen molar-refractivity contribution in [2.75, 3.05) is 0 Å². The predicted octanol–water partition coefficient (Wildman–Crippen LogP) is 15.3. The largest absolute Gasteiger partial charge is 0.256 e. The Morgan fingerprint density at radius 1 is 0.328 bits per heavy atom. The molecule has 0 fully saturated rings. The summed E-state index contributed by atoms with van der Waals surface area (Å²) >= 11 is 0. The molecule has 0 aliphatic heterocycles. The molecule has 4 heteroatoms. The molecule has 0 saturated carbocycles. The van der Waals surface area contributed by atoms with Crippen LogP contribution in [0.3, 0.4) is 0 Å². The van der Waals surface area contributed by atoms with Gasteiger partial charge in [-0.15, -0.1) is 0 Å². The molecular weight excluding hydrogens is 813 g/mol. The number of hydrogen-bond donors (Lipinski definition) is 0. The number of rotatable bonds is 13. The van der Waals surface area contributed by atoms with E-state index in [1.165, 1.54) is 44.5 Å². The summed E-state index contributed by atoms with van der Waals surface area (Å²) < 4.78 is 0. The minimum Gasteiger partial charge on any atom is -0.256 e. The topological polar surface area (TPSA) is 62.5 Å². The van der Waals surface area contributed by atoms with Crippen molar-refractivity contribution in [1.82, 2.24) is 15.0 Å². The Labute approximate surface area is 393 Å². The maximum Gasteiger partial charge on any atom is 0.0991 e. The fraction of sp³-hybridized carbons (Fsp3) is 0.0794. The monoisotopic (exact) mass is 860 g/mol. The van der Waals surface area contributed by atoms with Crippen LogP contribution in [0, 0.1) is 18.3 Å². The van der Waals surface area contributed by atoms with Gasteiger partial charge in [-0.25, -0.2) is 0 Å². The third-order valence-corrected chi connectivity index (χ3v) is 12.7. The molecule has 0 saturated heterocycles. The maximum atomic E-state index is 9.41. The van der Waals surface area contributed by atoms with Gasteiger partial charge in [-0.3, -0.25) is 15.0 Å². The lowest BCUT2D eigenvalue weighted by molar-refractivity contribution is 0.931. The standard InChI is InChI=1S/C63H48N4/c1-44-38-53(31-33-56(44)50-25-23-47(43-64)24-26-50)60-42-54(63-14-6-9-37-67-63)32-34-59(60)58-11-3-2-10-57(58)55-40-48(17-15-45-19-27-51(28-20-45)61-12-4-7-35-65-61)39-49(41-55)18-16-46-21-29-52(30-22-46)62-13-5-8-36-66-62/h2-14,19-42H,15-18H2,1H3. The molecular formula is C63H48N4. The molecule has 10 rings (SSSR count). The molecule has 0 amide bonds. The molecule has 67 heavy (non-hydrogen) atoms. The van der Waals surface area contributed by atoms with E-state index in [1.807, 2.05) is 79.3 Å². The minimum atomic E-state index is 0.656. The number of nitriles is 1. The third kappa shape index (κ3) is 9.78. The van der Waals surface area contributed by atoms with Gasteiger partial charge in [0.05, 0.1) is 28.7 Å². The van der Waals surface area contributed by atoms with E-state index in [9.17, 15) is 5.26 Å².